The van der Waals surface area contributed by atoms with Crippen LogP contribution in [0.15, 0.2) is 42.6 Å². The van der Waals surface area contributed by atoms with E-state index >= 15 is 0 Å². The van der Waals surface area contributed by atoms with Gasteiger partial charge in [-0.15, -0.1) is 0 Å². The van der Waals surface area contributed by atoms with Crippen LogP contribution in [0.5, 0.6) is 5.88 Å². The summed E-state index contributed by atoms with van der Waals surface area (Å²) in [7, 11) is 3.27. The van der Waals surface area contributed by atoms with Gasteiger partial charge in [-0.3, -0.25) is 0 Å². The molecule has 2 heterocycles. The van der Waals surface area contributed by atoms with Gasteiger partial charge < -0.3 is 25.2 Å². The van der Waals surface area contributed by atoms with E-state index in [9.17, 15) is 22.8 Å². The van der Waals surface area contributed by atoms with Gasteiger partial charge in [0.25, 0.3) is 0 Å². The number of rotatable bonds is 4. The number of piperidine rings is 1. The molecule has 0 atom stereocenters. The Bertz CT molecular complexity index is 925. The van der Waals surface area contributed by atoms with Gasteiger partial charge in [-0.2, -0.15) is 13.2 Å². The Balaban J connectivity index is 1.45. The monoisotopic (exact) mass is 451 g/mol. The number of nitrogens with one attached hydrogen (secondary N) is 2. The standard InChI is InChI=1S/C21H24F3N5O3/c1-28(2)19(30)27-16-7-8-18(25-13-16)32-17-9-11-29(12-10-17)20(31)26-15-5-3-14(4-6-15)21(22,23)24/h3-8,13,17H,9-12H2,1-2H3,(H,26,31)(H,27,30). The lowest BCUT2D eigenvalue weighted by Crippen LogP contribution is -2.43. The summed E-state index contributed by atoms with van der Waals surface area (Å²) in [5.74, 6) is 0.417. The van der Waals surface area contributed by atoms with Crippen molar-refractivity contribution in [3.05, 3.63) is 48.2 Å². The van der Waals surface area contributed by atoms with Crippen molar-refractivity contribution < 1.29 is 27.5 Å². The zero-order valence-electron chi connectivity index (χ0n) is 17.6. The second kappa shape index (κ2) is 9.75. The summed E-state index contributed by atoms with van der Waals surface area (Å²) >= 11 is 0. The second-order valence-electron chi connectivity index (χ2n) is 7.52. The van der Waals surface area contributed by atoms with Crippen LogP contribution in [-0.4, -0.2) is 60.1 Å². The average molecular weight is 451 g/mol. The van der Waals surface area contributed by atoms with E-state index in [2.05, 4.69) is 15.6 Å². The lowest BCUT2D eigenvalue weighted by Gasteiger charge is -2.32. The molecule has 0 radical (unpaired) electrons. The number of hydrogen-bond donors (Lipinski definition) is 2. The Morgan fingerprint density at radius 1 is 1.03 bits per heavy atom. The third kappa shape index (κ3) is 6.25. The number of alkyl halides is 3. The molecule has 0 saturated carbocycles. The molecule has 1 aliphatic heterocycles. The van der Waals surface area contributed by atoms with E-state index in [-0.39, 0.29) is 18.2 Å². The Kier molecular flexibility index (Phi) is 7.06. The van der Waals surface area contributed by atoms with E-state index in [1.807, 2.05) is 0 Å². The molecule has 0 spiro atoms. The molecule has 1 aromatic heterocycles. The quantitative estimate of drug-likeness (QED) is 0.727. The third-order valence-electron chi connectivity index (χ3n) is 4.87. The maximum Gasteiger partial charge on any atom is 0.416 e. The van der Waals surface area contributed by atoms with Crippen LogP contribution in [0.1, 0.15) is 18.4 Å². The smallest absolute Gasteiger partial charge is 0.416 e. The van der Waals surface area contributed by atoms with Gasteiger partial charge in [0.2, 0.25) is 5.88 Å². The van der Waals surface area contributed by atoms with Gasteiger partial charge in [0.1, 0.15) is 6.10 Å². The highest BCUT2D eigenvalue weighted by Crippen LogP contribution is 2.30. The van der Waals surface area contributed by atoms with E-state index in [0.717, 1.165) is 12.1 Å². The number of amides is 4. The number of halogens is 3. The van der Waals surface area contributed by atoms with Crippen LogP contribution in [-0.2, 0) is 6.18 Å². The molecule has 4 amide bonds. The number of aromatic nitrogens is 1. The van der Waals surface area contributed by atoms with Gasteiger partial charge in [0.15, 0.2) is 0 Å². The second-order valence-corrected chi connectivity index (χ2v) is 7.52. The summed E-state index contributed by atoms with van der Waals surface area (Å²) in [6, 6.07) is 7.04. The van der Waals surface area contributed by atoms with Crippen LogP contribution in [0.2, 0.25) is 0 Å². The molecule has 11 heteroatoms. The third-order valence-corrected chi connectivity index (χ3v) is 4.87. The molecule has 1 fully saturated rings. The molecule has 2 aromatic rings. The van der Waals surface area contributed by atoms with Gasteiger partial charge in [0, 0.05) is 51.8 Å². The molecular weight excluding hydrogens is 427 g/mol. The molecule has 0 bridgehead atoms. The number of pyridine rings is 1. The van der Waals surface area contributed by atoms with Crippen LogP contribution in [0.4, 0.5) is 34.1 Å². The highest BCUT2D eigenvalue weighted by molar-refractivity contribution is 5.89. The van der Waals surface area contributed by atoms with Crippen LogP contribution in [0.25, 0.3) is 0 Å². The van der Waals surface area contributed by atoms with Crippen molar-refractivity contribution in [3.8, 4) is 5.88 Å². The minimum Gasteiger partial charge on any atom is -0.474 e. The Morgan fingerprint density at radius 2 is 1.66 bits per heavy atom. The van der Waals surface area contributed by atoms with E-state index in [1.54, 1.807) is 31.1 Å². The minimum atomic E-state index is -4.42. The number of carbonyl (C=O) groups excluding carboxylic acids is 2. The summed E-state index contributed by atoms with van der Waals surface area (Å²) in [6.07, 6.45) is -1.87. The molecule has 0 unspecified atom stereocenters. The fourth-order valence-corrected chi connectivity index (χ4v) is 3.05. The maximum absolute atomic E-state index is 12.6. The predicted octanol–water partition coefficient (Wildman–Crippen LogP) is 4.27. The molecule has 2 N–H and O–H groups in total. The molecule has 8 nitrogen and oxygen atoms in total. The van der Waals surface area contributed by atoms with Crippen LogP contribution < -0.4 is 15.4 Å². The van der Waals surface area contributed by atoms with E-state index in [0.29, 0.717) is 43.2 Å². The highest BCUT2D eigenvalue weighted by atomic mass is 19.4. The molecule has 1 aliphatic rings. The van der Waals surface area contributed by atoms with Gasteiger partial charge >= 0.3 is 18.2 Å². The molecule has 1 aromatic carbocycles. The zero-order valence-corrected chi connectivity index (χ0v) is 17.6. The fraction of sp³-hybridized carbons (Fsp3) is 0.381. The molecule has 1 saturated heterocycles. The van der Waals surface area contributed by atoms with Crippen molar-refractivity contribution in [2.45, 2.75) is 25.1 Å². The van der Waals surface area contributed by atoms with Crippen molar-refractivity contribution >= 4 is 23.4 Å². The van der Waals surface area contributed by atoms with E-state index < -0.39 is 11.7 Å². The SMILES string of the molecule is CN(C)C(=O)Nc1ccc(OC2CCN(C(=O)Nc3ccc(C(F)(F)F)cc3)CC2)nc1. The number of urea groups is 2. The summed E-state index contributed by atoms with van der Waals surface area (Å²) in [6.45, 7) is 0.877. The first-order valence-electron chi connectivity index (χ1n) is 9.96. The summed E-state index contributed by atoms with van der Waals surface area (Å²) < 4.78 is 43.8. The lowest BCUT2D eigenvalue weighted by molar-refractivity contribution is -0.137. The largest absolute Gasteiger partial charge is 0.474 e. The number of benzene rings is 1. The van der Waals surface area contributed by atoms with Gasteiger partial charge in [-0.1, -0.05) is 0 Å². The number of anilines is 2. The van der Waals surface area contributed by atoms with Crippen molar-refractivity contribution in [2.75, 3.05) is 37.8 Å². The average Bonchev–Trinajstić information content (AvgIpc) is 2.75. The first-order chi connectivity index (χ1) is 15.1. The molecule has 32 heavy (non-hydrogen) atoms. The van der Waals surface area contributed by atoms with Gasteiger partial charge in [-0.05, 0) is 30.3 Å². The minimum absolute atomic E-state index is 0.125. The van der Waals surface area contributed by atoms with Crippen LogP contribution in [0.3, 0.4) is 0 Å². The number of carbonyl (C=O) groups is 2. The highest BCUT2D eigenvalue weighted by Gasteiger charge is 2.30. The first-order valence-corrected chi connectivity index (χ1v) is 9.96. The number of hydrogen-bond acceptors (Lipinski definition) is 4. The number of likely N-dealkylation sites (tertiary alicyclic amines) is 1. The first kappa shape index (κ1) is 23.2. The van der Waals surface area contributed by atoms with Crippen molar-refractivity contribution in [1.82, 2.24) is 14.8 Å². The lowest BCUT2D eigenvalue weighted by atomic mass is 10.1. The summed E-state index contributed by atoms with van der Waals surface area (Å²) in [5.41, 5.74) is 0.0769. The van der Waals surface area contributed by atoms with Gasteiger partial charge in [0.05, 0.1) is 17.4 Å². The van der Waals surface area contributed by atoms with Crippen molar-refractivity contribution in [3.63, 3.8) is 0 Å². The number of ether oxygens (including phenoxy) is 1. The van der Waals surface area contributed by atoms with Crippen LogP contribution >= 0.6 is 0 Å². The topological polar surface area (TPSA) is 86.8 Å². The Labute approximate surface area is 183 Å². The molecule has 172 valence electrons. The Morgan fingerprint density at radius 3 is 2.19 bits per heavy atom. The maximum atomic E-state index is 12.6. The molecule has 3 rings (SSSR count). The summed E-state index contributed by atoms with van der Waals surface area (Å²) in [5, 5.41) is 5.30. The van der Waals surface area contributed by atoms with Crippen molar-refractivity contribution in [2.24, 2.45) is 0 Å². The van der Waals surface area contributed by atoms with E-state index in [1.165, 1.54) is 23.2 Å². The predicted molar refractivity (Wildman–Crippen MR) is 113 cm³/mol. The number of nitrogens with zero attached hydrogens (tertiary/aromatic N) is 3. The fourth-order valence-electron chi connectivity index (χ4n) is 3.05. The zero-order chi connectivity index (χ0) is 23.3. The van der Waals surface area contributed by atoms with E-state index in [4.69, 9.17) is 4.74 Å². The van der Waals surface area contributed by atoms with Gasteiger partial charge in [-0.25, -0.2) is 14.6 Å². The normalized spacial score (nSPS) is 14.6. The molecular formula is C21H24F3N5O3. The molecule has 0 aliphatic carbocycles. The van der Waals surface area contributed by atoms with Crippen LogP contribution in [0, 0.1) is 0 Å². The van der Waals surface area contributed by atoms with Crippen molar-refractivity contribution in [1.29, 1.82) is 0 Å². The summed E-state index contributed by atoms with van der Waals surface area (Å²) in [4.78, 5) is 31.2. The Hall–Kier alpha value is -3.50.